The number of rotatable bonds is 6. The second-order valence-electron chi connectivity index (χ2n) is 7.59. The van der Waals surface area contributed by atoms with Crippen LogP contribution in [-0.4, -0.2) is 32.9 Å². The van der Waals surface area contributed by atoms with Gasteiger partial charge in [-0.15, -0.1) is 0 Å². The van der Waals surface area contributed by atoms with Crippen LogP contribution in [0.25, 0.3) is 10.9 Å². The molecule has 0 aliphatic rings. The van der Waals surface area contributed by atoms with Crippen molar-refractivity contribution in [2.45, 2.75) is 27.5 Å². The first-order valence-corrected chi connectivity index (χ1v) is 13.4. The van der Waals surface area contributed by atoms with E-state index in [1.165, 1.54) is 48.5 Å². The highest BCUT2D eigenvalue weighted by molar-refractivity contribution is 7.93. The number of carbonyl (C=O) groups excluding carboxylic acids is 1. The third-order valence-corrected chi connectivity index (χ3v) is 9.06. The lowest BCUT2D eigenvalue weighted by Gasteiger charge is -2.13. The molecule has 0 atom stereocenters. The summed E-state index contributed by atoms with van der Waals surface area (Å²) < 4.78 is 92.0. The third kappa shape index (κ3) is 4.84. The number of hydrogen-bond acceptors (Lipinski definition) is 5. The van der Waals surface area contributed by atoms with Crippen molar-refractivity contribution in [2.24, 2.45) is 0 Å². The summed E-state index contributed by atoms with van der Waals surface area (Å²) in [6, 6.07) is 17.4. The Morgan fingerprint density at radius 1 is 0.861 bits per heavy atom. The summed E-state index contributed by atoms with van der Waals surface area (Å²) in [5.74, 6) is -2.13. The number of sulfone groups is 1. The Bertz CT molecular complexity index is 1660. The zero-order chi connectivity index (χ0) is 26.3. The summed E-state index contributed by atoms with van der Waals surface area (Å²) in [6.07, 6.45) is -5.05. The van der Waals surface area contributed by atoms with E-state index in [0.717, 1.165) is 16.1 Å². The molecule has 0 spiro atoms. The van der Waals surface area contributed by atoms with Crippen LogP contribution in [-0.2, 0) is 31.2 Å². The van der Waals surface area contributed by atoms with Crippen LogP contribution in [0.4, 0.5) is 13.2 Å². The van der Waals surface area contributed by atoms with Gasteiger partial charge in [0.2, 0.25) is 9.84 Å². The largest absolute Gasteiger partial charge is 0.471 e. The van der Waals surface area contributed by atoms with Crippen LogP contribution < -0.4 is 5.32 Å². The Balaban J connectivity index is 1.77. The average Bonchev–Trinajstić information content (AvgIpc) is 3.24. The first kappa shape index (κ1) is 25.7. The zero-order valence-corrected chi connectivity index (χ0v) is 20.4. The number of halogens is 4. The molecule has 7 nitrogen and oxygen atoms in total. The number of para-hydroxylation sites is 1. The summed E-state index contributed by atoms with van der Waals surface area (Å²) in [4.78, 5) is 10.5. The van der Waals surface area contributed by atoms with E-state index in [4.69, 9.17) is 11.6 Å². The maximum Gasteiger partial charge on any atom is 0.471 e. The van der Waals surface area contributed by atoms with Crippen molar-refractivity contribution in [1.82, 2.24) is 9.29 Å². The van der Waals surface area contributed by atoms with Gasteiger partial charge in [0.05, 0.1) is 15.3 Å². The maximum absolute atomic E-state index is 13.5. The van der Waals surface area contributed by atoms with Crippen LogP contribution in [0.2, 0.25) is 5.02 Å². The number of benzene rings is 3. The minimum Gasteiger partial charge on any atom is -0.344 e. The molecular weight excluding hydrogens is 541 g/mol. The Morgan fingerprint density at radius 2 is 1.44 bits per heavy atom. The molecule has 1 heterocycles. The summed E-state index contributed by atoms with van der Waals surface area (Å²) >= 11 is 5.86. The van der Waals surface area contributed by atoms with Gasteiger partial charge in [0.25, 0.3) is 10.0 Å². The van der Waals surface area contributed by atoms with E-state index in [9.17, 15) is 34.8 Å². The first-order valence-electron chi connectivity index (χ1n) is 10.1. The van der Waals surface area contributed by atoms with Crippen molar-refractivity contribution in [3.05, 3.63) is 89.4 Å². The first-order chi connectivity index (χ1) is 16.8. The lowest BCUT2D eigenvalue weighted by molar-refractivity contribution is -0.173. The van der Waals surface area contributed by atoms with Gasteiger partial charge in [0.1, 0.15) is 0 Å². The molecular formula is C23H16ClF3N2O5S2. The summed E-state index contributed by atoms with van der Waals surface area (Å²) in [6.45, 7) is -0.482. The molecule has 4 rings (SSSR count). The van der Waals surface area contributed by atoms with Crippen molar-refractivity contribution in [1.29, 1.82) is 0 Å². The molecule has 0 aliphatic carbocycles. The molecule has 0 aliphatic heterocycles. The van der Waals surface area contributed by atoms with E-state index >= 15 is 0 Å². The SMILES string of the molecule is O=C(NCc1ccc(S(=O)(=O)c2cc3ccccc3n2S(=O)(=O)c2ccc(Cl)cc2)cc1)C(F)(F)F. The van der Waals surface area contributed by atoms with Crippen LogP contribution in [0.1, 0.15) is 5.56 Å². The normalized spacial score (nSPS) is 12.6. The number of alkyl halides is 3. The van der Waals surface area contributed by atoms with Crippen molar-refractivity contribution >= 4 is 48.3 Å². The molecule has 1 aromatic heterocycles. The minimum absolute atomic E-state index is 0.137. The van der Waals surface area contributed by atoms with Crippen molar-refractivity contribution in [3.63, 3.8) is 0 Å². The molecule has 13 heteroatoms. The molecule has 36 heavy (non-hydrogen) atoms. The predicted octanol–water partition coefficient (Wildman–Crippen LogP) is 4.54. The number of fused-ring (bicyclic) bond motifs is 1. The topological polar surface area (TPSA) is 102 Å². The lowest BCUT2D eigenvalue weighted by Crippen LogP contribution is -2.36. The number of nitrogens with one attached hydrogen (secondary N) is 1. The van der Waals surface area contributed by atoms with Gasteiger partial charge in [-0.05, 0) is 54.1 Å². The fourth-order valence-electron chi connectivity index (χ4n) is 3.44. The Hall–Kier alpha value is -3.35. The summed E-state index contributed by atoms with van der Waals surface area (Å²) in [5.41, 5.74) is 0.346. The van der Waals surface area contributed by atoms with E-state index in [1.54, 1.807) is 23.5 Å². The molecule has 0 bridgehead atoms. The fraction of sp³-hybridized carbons (Fsp3) is 0.0870. The van der Waals surface area contributed by atoms with E-state index in [1.807, 2.05) is 0 Å². The quantitative estimate of drug-likeness (QED) is 0.375. The monoisotopic (exact) mass is 556 g/mol. The van der Waals surface area contributed by atoms with Gasteiger partial charge in [-0.1, -0.05) is 41.9 Å². The zero-order valence-electron chi connectivity index (χ0n) is 18.0. The highest BCUT2D eigenvalue weighted by Crippen LogP contribution is 2.32. The van der Waals surface area contributed by atoms with E-state index in [0.29, 0.717) is 10.4 Å². The maximum atomic E-state index is 13.5. The van der Waals surface area contributed by atoms with E-state index in [-0.39, 0.29) is 20.9 Å². The minimum atomic E-state index is -5.05. The average molecular weight is 557 g/mol. The third-order valence-electron chi connectivity index (χ3n) is 5.21. The van der Waals surface area contributed by atoms with Crippen molar-refractivity contribution in [2.75, 3.05) is 0 Å². The lowest BCUT2D eigenvalue weighted by atomic mass is 10.2. The molecule has 0 fully saturated rings. The molecule has 0 saturated heterocycles. The van der Waals surface area contributed by atoms with Gasteiger partial charge < -0.3 is 5.32 Å². The molecule has 0 unspecified atom stereocenters. The molecule has 1 amide bonds. The second-order valence-corrected chi connectivity index (χ2v) is 11.7. The molecule has 0 radical (unpaired) electrons. The highest BCUT2D eigenvalue weighted by atomic mass is 35.5. The van der Waals surface area contributed by atoms with Gasteiger partial charge in [-0.2, -0.15) is 13.2 Å². The van der Waals surface area contributed by atoms with E-state index in [2.05, 4.69) is 0 Å². The highest BCUT2D eigenvalue weighted by Gasteiger charge is 2.38. The number of aromatic nitrogens is 1. The smallest absolute Gasteiger partial charge is 0.344 e. The Kier molecular flexibility index (Phi) is 6.62. The molecule has 3 aromatic carbocycles. The van der Waals surface area contributed by atoms with Crippen molar-refractivity contribution < 1.29 is 34.8 Å². The van der Waals surface area contributed by atoms with Gasteiger partial charge >= 0.3 is 12.1 Å². The van der Waals surface area contributed by atoms with Gasteiger partial charge in [0.15, 0.2) is 5.03 Å². The van der Waals surface area contributed by atoms with Crippen LogP contribution >= 0.6 is 11.6 Å². The van der Waals surface area contributed by atoms with Crippen molar-refractivity contribution in [3.8, 4) is 0 Å². The fourth-order valence-corrected chi connectivity index (χ4v) is 6.90. The predicted molar refractivity (Wildman–Crippen MR) is 126 cm³/mol. The number of carbonyl (C=O) groups is 1. The van der Waals surface area contributed by atoms with Crippen LogP contribution in [0.3, 0.4) is 0 Å². The molecule has 4 aromatic rings. The van der Waals surface area contributed by atoms with Crippen LogP contribution in [0, 0.1) is 0 Å². The molecule has 0 saturated carbocycles. The Morgan fingerprint density at radius 3 is 2.06 bits per heavy atom. The number of amides is 1. The Labute approximate surface area is 209 Å². The second kappa shape index (κ2) is 9.26. The van der Waals surface area contributed by atoms with E-state index < -0.39 is 43.5 Å². The number of hydrogen-bond donors (Lipinski definition) is 1. The van der Waals surface area contributed by atoms with Gasteiger partial charge in [-0.3, -0.25) is 4.79 Å². The number of nitrogens with zero attached hydrogens (tertiary/aromatic N) is 1. The van der Waals surface area contributed by atoms with Gasteiger partial charge in [0, 0.05) is 17.0 Å². The molecule has 188 valence electrons. The molecule has 1 N–H and O–H groups in total. The van der Waals surface area contributed by atoms with Crippen LogP contribution in [0.15, 0.2) is 93.7 Å². The van der Waals surface area contributed by atoms with Crippen LogP contribution in [0.5, 0.6) is 0 Å². The standard InChI is InChI=1S/C23H16ClF3N2O5S2/c24-17-7-11-19(12-8-17)36(33,34)29-20-4-2-1-3-16(20)13-21(29)35(31,32)18-9-5-15(6-10-18)14-28-22(30)23(25,26)27/h1-13H,14H2,(H,28,30). The van der Waals surface area contributed by atoms with Gasteiger partial charge in [-0.25, -0.2) is 20.8 Å². The summed E-state index contributed by atoms with van der Waals surface area (Å²) in [5, 5.41) is 1.83. The summed E-state index contributed by atoms with van der Waals surface area (Å²) in [7, 11) is -8.79.